The van der Waals surface area contributed by atoms with Crippen molar-refractivity contribution >= 4 is 0 Å². The van der Waals surface area contributed by atoms with Gasteiger partial charge in [0.2, 0.25) is 5.72 Å². The van der Waals surface area contributed by atoms with Crippen LogP contribution in [0.4, 0.5) is 0 Å². The van der Waals surface area contributed by atoms with Crippen LogP contribution < -0.4 is 11.1 Å². The van der Waals surface area contributed by atoms with E-state index in [9.17, 15) is 0 Å². The van der Waals surface area contributed by atoms with E-state index >= 15 is 0 Å². The molecule has 1 saturated heterocycles. The first-order valence-electron chi connectivity index (χ1n) is 5.81. The molecule has 0 radical (unpaired) electrons. The SMILES string of the molecule is CC1=C2C=CC=C3O[C@@H](CN)COC32NC=C1. The van der Waals surface area contributed by atoms with Gasteiger partial charge in [0.25, 0.3) is 0 Å². The molecule has 0 amide bonds. The van der Waals surface area contributed by atoms with Crippen molar-refractivity contribution in [2.75, 3.05) is 13.2 Å². The van der Waals surface area contributed by atoms with Crippen LogP contribution in [0.3, 0.4) is 0 Å². The molecule has 4 heteroatoms. The molecule has 90 valence electrons. The van der Waals surface area contributed by atoms with Gasteiger partial charge in [-0.25, -0.2) is 0 Å². The first-order chi connectivity index (χ1) is 8.26. The second-order valence-corrected chi connectivity index (χ2v) is 4.43. The predicted molar refractivity (Wildman–Crippen MR) is 64.8 cm³/mol. The lowest BCUT2D eigenvalue weighted by molar-refractivity contribution is -0.136. The smallest absolute Gasteiger partial charge is 0.224 e. The van der Waals surface area contributed by atoms with E-state index < -0.39 is 5.72 Å². The molecule has 0 aromatic rings. The van der Waals surface area contributed by atoms with Crippen molar-refractivity contribution in [3.05, 3.63) is 47.4 Å². The van der Waals surface area contributed by atoms with Crippen molar-refractivity contribution in [1.29, 1.82) is 0 Å². The minimum Gasteiger partial charge on any atom is -0.486 e. The Hall–Kier alpha value is -1.52. The van der Waals surface area contributed by atoms with Crippen LogP contribution in [-0.4, -0.2) is 25.0 Å². The fourth-order valence-electron chi connectivity index (χ4n) is 2.39. The van der Waals surface area contributed by atoms with Gasteiger partial charge in [-0.05, 0) is 30.8 Å². The summed E-state index contributed by atoms with van der Waals surface area (Å²) in [5.41, 5.74) is 7.27. The minimum atomic E-state index is -0.640. The summed E-state index contributed by atoms with van der Waals surface area (Å²) in [7, 11) is 0. The number of hydrogen-bond donors (Lipinski definition) is 2. The van der Waals surface area contributed by atoms with Crippen LogP contribution >= 0.6 is 0 Å². The molecule has 0 bridgehead atoms. The van der Waals surface area contributed by atoms with E-state index in [1.807, 2.05) is 24.4 Å². The van der Waals surface area contributed by atoms with Crippen LogP contribution in [0, 0.1) is 0 Å². The Balaban J connectivity index is 2.03. The third-order valence-corrected chi connectivity index (χ3v) is 3.32. The Morgan fingerprint density at radius 1 is 1.53 bits per heavy atom. The van der Waals surface area contributed by atoms with Gasteiger partial charge >= 0.3 is 0 Å². The van der Waals surface area contributed by atoms with E-state index in [2.05, 4.69) is 18.3 Å². The molecule has 4 nitrogen and oxygen atoms in total. The molecule has 1 aliphatic carbocycles. The Morgan fingerprint density at radius 2 is 2.41 bits per heavy atom. The highest BCUT2D eigenvalue weighted by atomic mass is 16.6. The van der Waals surface area contributed by atoms with Crippen LogP contribution in [-0.2, 0) is 9.47 Å². The lowest BCUT2D eigenvalue weighted by Gasteiger charge is -2.45. The Bertz CT molecular complexity index is 462. The van der Waals surface area contributed by atoms with Crippen LogP contribution in [0.5, 0.6) is 0 Å². The van der Waals surface area contributed by atoms with E-state index in [4.69, 9.17) is 15.2 Å². The fraction of sp³-hybridized carbons (Fsp3) is 0.385. The average Bonchev–Trinajstić information content (AvgIpc) is 2.37. The van der Waals surface area contributed by atoms with Crippen molar-refractivity contribution in [3.8, 4) is 0 Å². The Morgan fingerprint density at radius 3 is 3.24 bits per heavy atom. The number of ether oxygens (including phenoxy) is 2. The quantitative estimate of drug-likeness (QED) is 0.706. The van der Waals surface area contributed by atoms with E-state index in [0.717, 1.165) is 11.3 Å². The topological polar surface area (TPSA) is 56.5 Å². The normalized spacial score (nSPS) is 34.5. The van der Waals surface area contributed by atoms with Gasteiger partial charge in [0.1, 0.15) is 6.10 Å². The van der Waals surface area contributed by atoms with Crippen LogP contribution in [0.15, 0.2) is 47.4 Å². The summed E-state index contributed by atoms with van der Waals surface area (Å²) in [4.78, 5) is 0. The minimum absolute atomic E-state index is 0.0624. The number of rotatable bonds is 1. The molecule has 3 rings (SSSR count). The highest BCUT2D eigenvalue weighted by Crippen LogP contribution is 2.39. The summed E-state index contributed by atoms with van der Waals surface area (Å²) < 4.78 is 11.9. The molecule has 0 saturated carbocycles. The van der Waals surface area contributed by atoms with Crippen LogP contribution in [0.2, 0.25) is 0 Å². The fourth-order valence-corrected chi connectivity index (χ4v) is 2.39. The molecule has 3 aliphatic rings. The van der Waals surface area contributed by atoms with Crippen LogP contribution in [0.25, 0.3) is 0 Å². The molecule has 1 spiro atoms. The number of nitrogens with one attached hydrogen (secondary N) is 1. The van der Waals surface area contributed by atoms with Gasteiger partial charge in [0.05, 0.1) is 6.61 Å². The summed E-state index contributed by atoms with van der Waals surface area (Å²) in [5.74, 6) is 0.792. The van der Waals surface area contributed by atoms with Gasteiger partial charge in [-0.3, -0.25) is 0 Å². The second kappa shape index (κ2) is 3.75. The molecule has 0 aromatic carbocycles. The highest BCUT2D eigenvalue weighted by molar-refractivity contribution is 5.51. The van der Waals surface area contributed by atoms with Gasteiger partial charge in [-0.15, -0.1) is 0 Å². The maximum absolute atomic E-state index is 6.00. The number of dihydropyridines is 1. The molecular weight excluding hydrogens is 216 g/mol. The average molecular weight is 232 g/mol. The Labute approximate surface area is 100 Å². The maximum atomic E-state index is 6.00. The summed E-state index contributed by atoms with van der Waals surface area (Å²) in [6, 6.07) is 0. The predicted octanol–water partition coefficient (Wildman–Crippen LogP) is 0.944. The molecule has 2 heterocycles. The molecule has 3 N–H and O–H groups in total. The lowest BCUT2D eigenvalue weighted by atomic mass is 9.88. The second-order valence-electron chi connectivity index (χ2n) is 4.43. The molecular formula is C13H16N2O2. The molecule has 17 heavy (non-hydrogen) atoms. The molecule has 0 aromatic heterocycles. The Kier molecular flexibility index (Phi) is 2.34. The van der Waals surface area contributed by atoms with E-state index in [-0.39, 0.29) is 6.10 Å². The molecule has 2 atom stereocenters. The van der Waals surface area contributed by atoms with Crippen molar-refractivity contribution in [3.63, 3.8) is 0 Å². The monoisotopic (exact) mass is 232 g/mol. The number of nitrogens with two attached hydrogens (primary N) is 1. The first kappa shape index (κ1) is 10.6. The standard InChI is InChI=1S/C13H16N2O2/c1-9-5-6-15-13-11(9)3-2-4-12(13)17-10(7-14)8-16-13/h2-6,10,15H,7-8,14H2,1H3/t10-,13?/m0/s1. The van der Waals surface area contributed by atoms with Crippen molar-refractivity contribution in [1.82, 2.24) is 5.32 Å². The van der Waals surface area contributed by atoms with Gasteiger partial charge in [-0.2, -0.15) is 0 Å². The third kappa shape index (κ3) is 1.45. The maximum Gasteiger partial charge on any atom is 0.224 e. The number of allylic oxidation sites excluding steroid dienone is 4. The van der Waals surface area contributed by atoms with Crippen molar-refractivity contribution in [2.45, 2.75) is 18.8 Å². The molecule has 1 fully saturated rings. The van der Waals surface area contributed by atoms with Gasteiger partial charge < -0.3 is 20.5 Å². The van der Waals surface area contributed by atoms with Gasteiger partial charge in [-0.1, -0.05) is 12.2 Å². The largest absolute Gasteiger partial charge is 0.486 e. The summed E-state index contributed by atoms with van der Waals surface area (Å²) >= 11 is 0. The van der Waals surface area contributed by atoms with E-state index in [1.165, 1.54) is 5.57 Å². The summed E-state index contributed by atoms with van der Waals surface area (Å²) in [6.07, 6.45) is 9.85. The van der Waals surface area contributed by atoms with Crippen molar-refractivity contribution < 1.29 is 9.47 Å². The van der Waals surface area contributed by atoms with Gasteiger partial charge in [0.15, 0.2) is 5.76 Å². The van der Waals surface area contributed by atoms with Gasteiger partial charge in [0, 0.05) is 12.1 Å². The lowest BCUT2D eigenvalue weighted by Crippen LogP contribution is -2.57. The molecule has 2 aliphatic heterocycles. The first-order valence-corrected chi connectivity index (χ1v) is 5.81. The van der Waals surface area contributed by atoms with Crippen LogP contribution in [0.1, 0.15) is 6.92 Å². The third-order valence-electron chi connectivity index (χ3n) is 3.32. The zero-order valence-electron chi connectivity index (χ0n) is 9.77. The van der Waals surface area contributed by atoms with E-state index in [0.29, 0.717) is 13.2 Å². The highest BCUT2D eigenvalue weighted by Gasteiger charge is 2.46. The molecule has 1 unspecified atom stereocenters. The summed E-state index contributed by atoms with van der Waals surface area (Å²) in [6.45, 7) is 3.03. The van der Waals surface area contributed by atoms with Crippen molar-refractivity contribution in [2.24, 2.45) is 5.73 Å². The summed E-state index contributed by atoms with van der Waals surface area (Å²) in [5, 5.41) is 3.27. The zero-order chi connectivity index (χ0) is 11.9. The number of hydrogen-bond acceptors (Lipinski definition) is 4. The van der Waals surface area contributed by atoms with E-state index in [1.54, 1.807) is 0 Å². The zero-order valence-corrected chi connectivity index (χ0v) is 9.77.